The summed E-state index contributed by atoms with van der Waals surface area (Å²) in [7, 11) is 1.99. The van der Waals surface area contributed by atoms with E-state index in [2.05, 4.69) is 65.5 Å². The van der Waals surface area contributed by atoms with Crippen molar-refractivity contribution in [3.8, 4) is 0 Å². The fourth-order valence-corrected chi connectivity index (χ4v) is 3.64. The summed E-state index contributed by atoms with van der Waals surface area (Å²) in [5, 5.41) is 5.53. The molecule has 0 spiro atoms. The van der Waals surface area contributed by atoms with Gasteiger partial charge in [-0.25, -0.2) is 4.98 Å². The number of hydrogen-bond acceptors (Lipinski definition) is 3. The van der Waals surface area contributed by atoms with Crippen LogP contribution in [0.3, 0.4) is 0 Å². The highest BCUT2D eigenvalue weighted by molar-refractivity contribution is 7.11. The SMILES string of the molecule is Cc1nc(C)c(C(C)C)s1.Cc1nn(C)c(C)c1C(C)C. The highest BCUT2D eigenvalue weighted by Gasteiger charge is 2.11. The Kier molecular flexibility index (Phi) is 6.14. The van der Waals surface area contributed by atoms with Crippen molar-refractivity contribution in [3.05, 3.63) is 32.5 Å². The number of thiazole rings is 1. The third-order valence-electron chi connectivity index (χ3n) is 3.61. The summed E-state index contributed by atoms with van der Waals surface area (Å²) in [6.07, 6.45) is 0. The molecule has 0 aliphatic carbocycles. The third kappa shape index (κ3) is 4.40. The van der Waals surface area contributed by atoms with E-state index in [1.54, 1.807) is 0 Å². The van der Waals surface area contributed by atoms with E-state index in [1.165, 1.54) is 32.5 Å². The van der Waals surface area contributed by atoms with Crippen LogP contribution in [0.2, 0.25) is 0 Å². The first-order valence-corrected chi connectivity index (χ1v) is 8.40. The van der Waals surface area contributed by atoms with Gasteiger partial charge >= 0.3 is 0 Å². The summed E-state index contributed by atoms with van der Waals surface area (Å²) < 4.78 is 1.95. The zero-order chi connectivity index (χ0) is 16.3. The molecule has 0 bridgehead atoms. The fourth-order valence-electron chi connectivity index (χ4n) is 2.71. The minimum atomic E-state index is 0.587. The topological polar surface area (TPSA) is 30.7 Å². The second-order valence-corrected chi connectivity index (χ2v) is 7.43. The van der Waals surface area contributed by atoms with Crippen molar-refractivity contribution in [2.24, 2.45) is 7.05 Å². The predicted molar refractivity (Wildman–Crippen MR) is 92.4 cm³/mol. The van der Waals surface area contributed by atoms with Crippen molar-refractivity contribution in [2.45, 2.75) is 67.2 Å². The van der Waals surface area contributed by atoms with Crippen LogP contribution >= 0.6 is 11.3 Å². The van der Waals surface area contributed by atoms with Gasteiger partial charge in [0.15, 0.2) is 0 Å². The van der Waals surface area contributed by atoms with E-state index in [4.69, 9.17) is 0 Å². The molecule has 0 fully saturated rings. The lowest BCUT2D eigenvalue weighted by Gasteiger charge is -2.04. The summed E-state index contributed by atoms with van der Waals surface area (Å²) >= 11 is 1.81. The molecule has 2 rings (SSSR count). The number of aromatic nitrogens is 3. The van der Waals surface area contributed by atoms with Gasteiger partial charge in [0.2, 0.25) is 0 Å². The molecular weight excluding hydrogens is 278 g/mol. The average molecular weight is 308 g/mol. The second kappa shape index (κ2) is 7.21. The molecule has 4 heteroatoms. The molecule has 0 atom stereocenters. The van der Waals surface area contributed by atoms with E-state index in [1.807, 2.05) is 23.1 Å². The standard InChI is InChI=1S/C9H16N2.C8H13NS/c1-6(2)9-7(3)10-11(5)8(9)4;1-5(2)8-6(3)9-7(4)10-8/h6H,1-5H3;5H,1-4H3. The van der Waals surface area contributed by atoms with E-state index in [-0.39, 0.29) is 0 Å². The Hall–Kier alpha value is -1.16. The van der Waals surface area contributed by atoms with Crippen molar-refractivity contribution in [1.29, 1.82) is 0 Å². The second-order valence-electron chi connectivity index (χ2n) is 6.20. The van der Waals surface area contributed by atoms with Crippen LogP contribution < -0.4 is 0 Å². The number of hydrogen-bond donors (Lipinski definition) is 0. The van der Waals surface area contributed by atoms with Crippen molar-refractivity contribution in [1.82, 2.24) is 14.8 Å². The van der Waals surface area contributed by atoms with E-state index in [0.717, 1.165) is 0 Å². The first-order chi connectivity index (χ1) is 9.65. The molecule has 0 saturated carbocycles. The molecule has 2 aromatic rings. The molecule has 3 nitrogen and oxygen atoms in total. The molecule has 0 aromatic carbocycles. The van der Waals surface area contributed by atoms with Crippen molar-refractivity contribution >= 4 is 11.3 Å². The molecule has 0 amide bonds. The first kappa shape index (κ1) is 17.9. The van der Waals surface area contributed by atoms with Crippen LogP contribution in [0.15, 0.2) is 0 Å². The lowest BCUT2D eigenvalue weighted by atomic mass is 10.0. The van der Waals surface area contributed by atoms with E-state index in [0.29, 0.717) is 11.8 Å². The monoisotopic (exact) mass is 307 g/mol. The highest BCUT2D eigenvalue weighted by Crippen LogP contribution is 2.25. The molecule has 2 aromatic heterocycles. The van der Waals surface area contributed by atoms with Gasteiger partial charge in [-0.05, 0) is 45.1 Å². The van der Waals surface area contributed by atoms with Gasteiger partial charge in [0.25, 0.3) is 0 Å². The Morgan fingerprint density at radius 1 is 0.905 bits per heavy atom. The van der Waals surface area contributed by atoms with Crippen molar-refractivity contribution in [3.63, 3.8) is 0 Å². The predicted octanol–water partition coefficient (Wildman–Crippen LogP) is 5.04. The van der Waals surface area contributed by atoms with Crippen LogP contribution in [0.4, 0.5) is 0 Å². The van der Waals surface area contributed by atoms with Gasteiger partial charge in [0.05, 0.1) is 16.4 Å². The van der Waals surface area contributed by atoms with Gasteiger partial charge in [0, 0.05) is 17.6 Å². The van der Waals surface area contributed by atoms with Gasteiger partial charge in [-0.2, -0.15) is 5.10 Å². The molecule has 0 N–H and O–H groups in total. The maximum atomic E-state index is 4.35. The minimum Gasteiger partial charge on any atom is -0.272 e. The quantitative estimate of drug-likeness (QED) is 0.778. The molecule has 2 heterocycles. The van der Waals surface area contributed by atoms with Gasteiger partial charge in [-0.1, -0.05) is 27.7 Å². The van der Waals surface area contributed by atoms with E-state index >= 15 is 0 Å². The van der Waals surface area contributed by atoms with E-state index in [9.17, 15) is 0 Å². The van der Waals surface area contributed by atoms with Crippen LogP contribution in [-0.2, 0) is 7.05 Å². The van der Waals surface area contributed by atoms with Gasteiger partial charge in [0.1, 0.15) is 0 Å². The summed E-state index contributed by atoms with van der Waals surface area (Å²) in [6, 6.07) is 0. The number of nitrogens with zero attached hydrogens (tertiary/aromatic N) is 3. The summed E-state index contributed by atoms with van der Waals surface area (Å²) in [4.78, 5) is 5.78. The molecule has 21 heavy (non-hydrogen) atoms. The van der Waals surface area contributed by atoms with Gasteiger partial charge in [-0.15, -0.1) is 11.3 Å². The minimum absolute atomic E-state index is 0.587. The van der Waals surface area contributed by atoms with Crippen LogP contribution in [0.1, 0.15) is 72.1 Å². The Morgan fingerprint density at radius 3 is 1.67 bits per heavy atom. The van der Waals surface area contributed by atoms with Gasteiger partial charge < -0.3 is 0 Å². The third-order valence-corrected chi connectivity index (χ3v) is 4.98. The van der Waals surface area contributed by atoms with Crippen molar-refractivity contribution < 1.29 is 0 Å². The van der Waals surface area contributed by atoms with Crippen LogP contribution in [0, 0.1) is 27.7 Å². The zero-order valence-corrected chi connectivity index (χ0v) is 15.7. The summed E-state index contributed by atoms with van der Waals surface area (Å²) in [5.41, 5.74) is 5.06. The Labute approximate surface area is 133 Å². The molecule has 0 radical (unpaired) electrons. The lowest BCUT2D eigenvalue weighted by Crippen LogP contribution is -1.94. The number of rotatable bonds is 2. The normalized spacial score (nSPS) is 11.0. The summed E-state index contributed by atoms with van der Waals surface area (Å²) in [5.74, 6) is 1.22. The molecule has 0 aliphatic rings. The van der Waals surface area contributed by atoms with Crippen LogP contribution in [0.25, 0.3) is 0 Å². The fraction of sp³-hybridized carbons (Fsp3) is 0.647. The first-order valence-electron chi connectivity index (χ1n) is 7.59. The maximum Gasteiger partial charge on any atom is 0.0900 e. The molecule has 0 aliphatic heterocycles. The largest absolute Gasteiger partial charge is 0.272 e. The lowest BCUT2D eigenvalue weighted by molar-refractivity contribution is 0.728. The van der Waals surface area contributed by atoms with Gasteiger partial charge in [-0.3, -0.25) is 4.68 Å². The van der Waals surface area contributed by atoms with Crippen molar-refractivity contribution in [2.75, 3.05) is 0 Å². The zero-order valence-electron chi connectivity index (χ0n) is 14.9. The average Bonchev–Trinajstić information content (AvgIpc) is 2.80. The smallest absolute Gasteiger partial charge is 0.0900 e. The van der Waals surface area contributed by atoms with Crippen LogP contribution in [0.5, 0.6) is 0 Å². The number of aryl methyl sites for hydroxylation is 4. The Balaban J connectivity index is 0.000000211. The summed E-state index contributed by atoms with van der Waals surface area (Å²) in [6.45, 7) is 17.2. The molecular formula is C17H29N3S. The highest BCUT2D eigenvalue weighted by atomic mass is 32.1. The molecule has 118 valence electrons. The molecule has 0 saturated heterocycles. The maximum absolute atomic E-state index is 4.35. The Bertz CT molecular complexity index is 591. The Morgan fingerprint density at radius 2 is 1.48 bits per heavy atom. The van der Waals surface area contributed by atoms with Crippen LogP contribution in [-0.4, -0.2) is 14.8 Å². The molecule has 0 unspecified atom stereocenters. The van der Waals surface area contributed by atoms with E-state index < -0.39 is 0 Å².